The molecule has 0 saturated heterocycles. The summed E-state index contributed by atoms with van der Waals surface area (Å²) in [5.41, 5.74) is 6.87. The predicted octanol–water partition coefficient (Wildman–Crippen LogP) is 0.716. The zero-order valence-corrected chi connectivity index (χ0v) is 11.5. The molecule has 106 valence electrons. The van der Waals surface area contributed by atoms with Gasteiger partial charge < -0.3 is 15.4 Å². The van der Waals surface area contributed by atoms with E-state index < -0.39 is 5.97 Å². The lowest BCUT2D eigenvalue weighted by molar-refractivity contribution is -0.143. The molecule has 0 aliphatic carbocycles. The third-order valence-electron chi connectivity index (χ3n) is 2.60. The minimum absolute atomic E-state index is 0.0914. The normalized spacial score (nSPS) is 10.3. The Morgan fingerprint density at radius 2 is 2.11 bits per heavy atom. The summed E-state index contributed by atoms with van der Waals surface area (Å²) in [5, 5.41) is 6.53. The average Bonchev–Trinajstić information content (AvgIpc) is 2.69. The monoisotopic (exact) mass is 268 g/mol. The highest BCUT2D eigenvalue weighted by atomic mass is 16.5. The van der Waals surface area contributed by atoms with E-state index in [1.807, 2.05) is 6.92 Å². The first kappa shape index (κ1) is 15.0. The molecule has 0 bridgehead atoms. The fourth-order valence-electron chi connectivity index (χ4n) is 1.64. The Labute approximate surface area is 112 Å². The van der Waals surface area contributed by atoms with E-state index >= 15 is 0 Å². The molecule has 19 heavy (non-hydrogen) atoms. The molecule has 7 heteroatoms. The molecule has 1 aromatic rings. The number of amides is 1. The van der Waals surface area contributed by atoms with Crippen LogP contribution in [0.5, 0.6) is 0 Å². The van der Waals surface area contributed by atoms with Crippen LogP contribution in [0.1, 0.15) is 36.5 Å². The highest BCUT2D eigenvalue weighted by Gasteiger charge is 2.23. The van der Waals surface area contributed by atoms with Crippen molar-refractivity contribution in [1.82, 2.24) is 15.1 Å². The van der Waals surface area contributed by atoms with Gasteiger partial charge in [0.15, 0.2) is 5.69 Å². The number of nitrogens with two attached hydrogens (primary N) is 1. The van der Waals surface area contributed by atoms with Crippen molar-refractivity contribution < 1.29 is 14.3 Å². The van der Waals surface area contributed by atoms with Gasteiger partial charge in [0.05, 0.1) is 18.0 Å². The zero-order valence-electron chi connectivity index (χ0n) is 11.5. The SMILES string of the molecule is CCCN(CC(=O)OCC)C(=O)c1n[nH]c(C)c1N. The second-order valence-corrected chi connectivity index (χ2v) is 4.14. The summed E-state index contributed by atoms with van der Waals surface area (Å²) in [6.45, 7) is 6.02. The number of aromatic nitrogens is 2. The van der Waals surface area contributed by atoms with Gasteiger partial charge in [-0.1, -0.05) is 6.92 Å². The molecule has 1 rings (SSSR count). The Morgan fingerprint density at radius 3 is 2.58 bits per heavy atom. The van der Waals surface area contributed by atoms with Crippen LogP contribution in [0.3, 0.4) is 0 Å². The van der Waals surface area contributed by atoms with Crippen LogP contribution in [0, 0.1) is 6.92 Å². The highest BCUT2D eigenvalue weighted by molar-refractivity contribution is 5.98. The van der Waals surface area contributed by atoms with Crippen LogP contribution >= 0.6 is 0 Å². The van der Waals surface area contributed by atoms with Gasteiger partial charge in [0.1, 0.15) is 6.54 Å². The van der Waals surface area contributed by atoms with Crippen molar-refractivity contribution in [3.8, 4) is 0 Å². The smallest absolute Gasteiger partial charge is 0.325 e. The van der Waals surface area contributed by atoms with Gasteiger partial charge in [0.2, 0.25) is 0 Å². The fraction of sp³-hybridized carbons (Fsp3) is 0.583. The molecule has 0 radical (unpaired) electrons. The van der Waals surface area contributed by atoms with E-state index in [1.165, 1.54) is 4.90 Å². The van der Waals surface area contributed by atoms with E-state index in [1.54, 1.807) is 13.8 Å². The fourth-order valence-corrected chi connectivity index (χ4v) is 1.64. The Hall–Kier alpha value is -2.05. The molecular formula is C12H20N4O3. The maximum absolute atomic E-state index is 12.3. The number of H-pyrrole nitrogens is 1. The van der Waals surface area contributed by atoms with Crippen molar-refractivity contribution >= 4 is 17.6 Å². The summed E-state index contributed by atoms with van der Waals surface area (Å²) in [4.78, 5) is 25.1. The summed E-state index contributed by atoms with van der Waals surface area (Å²) >= 11 is 0. The molecule has 3 N–H and O–H groups in total. The summed E-state index contributed by atoms with van der Waals surface area (Å²) in [6, 6.07) is 0. The lowest BCUT2D eigenvalue weighted by Crippen LogP contribution is -2.37. The van der Waals surface area contributed by atoms with Gasteiger partial charge in [-0.15, -0.1) is 0 Å². The molecule has 0 aliphatic heterocycles. The zero-order chi connectivity index (χ0) is 14.4. The van der Waals surface area contributed by atoms with Crippen molar-refractivity contribution in [2.75, 3.05) is 25.4 Å². The second-order valence-electron chi connectivity index (χ2n) is 4.14. The second kappa shape index (κ2) is 6.77. The summed E-state index contributed by atoms with van der Waals surface area (Å²) in [6.07, 6.45) is 0.731. The number of hydrogen-bond donors (Lipinski definition) is 2. The van der Waals surface area contributed by atoms with Crippen LogP contribution in [-0.2, 0) is 9.53 Å². The number of nitrogen functional groups attached to an aromatic ring is 1. The lowest BCUT2D eigenvalue weighted by atomic mass is 10.2. The van der Waals surface area contributed by atoms with Crippen LogP contribution in [0.4, 0.5) is 5.69 Å². The van der Waals surface area contributed by atoms with E-state index in [2.05, 4.69) is 10.2 Å². The molecule has 1 aromatic heterocycles. The van der Waals surface area contributed by atoms with E-state index in [0.29, 0.717) is 17.9 Å². The molecule has 0 saturated carbocycles. The quantitative estimate of drug-likeness (QED) is 0.740. The average molecular weight is 268 g/mol. The maximum atomic E-state index is 12.3. The van der Waals surface area contributed by atoms with E-state index in [9.17, 15) is 9.59 Å². The van der Waals surface area contributed by atoms with Crippen molar-refractivity contribution in [2.24, 2.45) is 0 Å². The molecule has 7 nitrogen and oxygen atoms in total. The number of nitrogens with zero attached hydrogens (tertiary/aromatic N) is 2. The summed E-state index contributed by atoms with van der Waals surface area (Å²) in [7, 11) is 0. The molecule has 0 unspecified atom stereocenters. The van der Waals surface area contributed by atoms with Gasteiger partial charge >= 0.3 is 5.97 Å². The number of ether oxygens (including phenoxy) is 1. The topological polar surface area (TPSA) is 101 Å². The van der Waals surface area contributed by atoms with Gasteiger partial charge in [-0.05, 0) is 20.3 Å². The standard InChI is InChI=1S/C12H20N4O3/c1-4-6-16(7-9(17)19-5-2)12(18)11-10(13)8(3)14-15-11/h4-7,13H2,1-3H3,(H,14,15). The van der Waals surface area contributed by atoms with Crippen LogP contribution in [0.2, 0.25) is 0 Å². The number of anilines is 1. The van der Waals surface area contributed by atoms with Gasteiger partial charge in [0.25, 0.3) is 5.91 Å². The van der Waals surface area contributed by atoms with Crippen LogP contribution in [-0.4, -0.2) is 46.7 Å². The molecule has 0 fully saturated rings. The number of carbonyl (C=O) groups is 2. The number of esters is 1. The van der Waals surface area contributed by atoms with Gasteiger partial charge in [-0.3, -0.25) is 14.7 Å². The van der Waals surface area contributed by atoms with E-state index in [4.69, 9.17) is 10.5 Å². The highest BCUT2D eigenvalue weighted by Crippen LogP contribution is 2.15. The molecule has 1 heterocycles. The predicted molar refractivity (Wildman–Crippen MR) is 70.6 cm³/mol. The minimum atomic E-state index is -0.435. The first-order valence-electron chi connectivity index (χ1n) is 6.26. The Morgan fingerprint density at radius 1 is 1.42 bits per heavy atom. The number of rotatable bonds is 6. The number of carbonyl (C=O) groups excluding carboxylic acids is 2. The third kappa shape index (κ3) is 3.70. The molecule has 0 aliphatic rings. The number of hydrogen-bond acceptors (Lipinski definition) is 5. The van der Waals surface area contributed by atoms with Crippen molar-refractivity contribution in [1.29, 1.82) is 0 Å². The van der Waals surface area contributed by atoms with Crippen molar-refractivity contribution in [3.63, 3.8) is 0 Å². The first-order valence-corrected chi connectivity index (χ1v) is 6.26. The Kier molecular flexibility index (Phi) is 5.35. The van der Waals surface area contributed by atoms with Crippen LogP contribution < -0.4 is 5.73 Å². The summed E-state index contributed by atoms with van der Waals surface area (Å²) in [5.74, 6) is -0.799. The molecule has 0 aromatic carbocycles. The molecule has 1 amide bonds. The maximum Gasteiger partial charge on any atom is 0.325 e. The number of nitrogens with one attached hydrogen (secondary N) is 1. The largest absolute Gasteiger partial charge is 0.465 e. The minimum Gasteiger partial charge on any atom is -0.465 e. The lowest BCUT2D eigenvalue weighted by Gasteiger charge is -2.20. The van der Waals surface area contributed by atoms with Gasteiger partial charge in [-0.2, -0.15) is 5.10 Å². The van der Waals surface area contributed by atoms with Gasteiger partial charge in [0, 0.05) is 6.54 Å². The summed E-state index contributed by atoms with van der Waals surface area (Å²) < 4.78 is 4.85. The van der Waals surface area contributed by atoms with Crippen molar-refractivity contribution in [3.05, 3.63) is 11.4 Å². The number of aryl methyl sites for hydroxylation is 1. The Balaban J connectivity index is 2.83. The molecular weight excluding hydrogens is 248 g/mol. The van der Waals surface area contributed by atoms with Crippen molar-refractivity contribution in [2.45, 2.75) is 27.2 Å². The number of aromatic amines is 1. The van der Waals surface area contributed by atoms with Gasteiger partial charge in [-0.25, -0.2) is 0 Å². The van der Waals surface area contributed by atoms with E-state index in [0.717, 1.165) is 6.42 Å². The van der Waals surface area contributed by atoms with Crippen LogP contribution in [0.15, 0.2) is 0 Å². The first-order chi connectivity index (χ1) is 9.01. The van der Waals surface area contributed by atoms with Crippen LogP contribution in [0.25, 0.3) is 0 Å². The Bertz CT molecular complexity index is 456. The molecule has 0 atom stereocenters. The molecule has 0 spiro atoms. The van der Waals surface area contributed by atoms with E-state index in [-0.39, 0.29) is 24.8 Å². The third-order valence-corrected chi connectivity index (χ3v) is 2.60.